The molecule has 0 bridgehead atoms. The number of anilines is 1. The average molecular weight is 209 g/mol. The summed E-state index contributed by atoms with van der Waals surface area (Å²) in [5.74, 6) is 0. The predicted molar refractivity (Wildman–Crippen MR) is 57.9 cm³/mol. The van der Waals surface area contributed by atoms with E-state index in [1.165, 1.54) is 7.11 Å². The van der Waals surface area contributed by atoms with Crippen LogP contribution in [0.2, 0.25) is 0 Å². The lowest BCUT2D eigenvalue weighted by atomic mass is 10.1. The fraction of sp³-hybridized carbons (Fsp3) is 0.364. The van der Waals surface area contributed by atoms with E-state index in [0.29, 0.717) is 5.69 Å². The third-order valence-electron chi connectivity index (χ3n) is 1.98. The molecule has 15 heavy (non-hydrogen) atoms. The molecule has 1 aromatic carbocycles. The van der Waals surface area contributed by atoms with Gasteiger partial charge in [0.1, 0.15) is 0 Å². The van der Waals surface area contributed by atoms with Crippen LogP contribution in [-0.2, 0) is 11.2 Å². The molecule has 0 spiro atoms. The number of carbonyl (C=O) groups excluding carboxylic acids is 1. The SMILES string of the molecule is COC(=O)Nc1cccc(CCCO)c1. The molecular weight excluding hydrogens is 194 g/mol. The number of benzene rings is 1. The highest BCUT2D eigenvalue weighted by Gasteiger charge is 2.00. The molecule has 1 amide bonds. The van der Waals surface area contributed by atoms with Crippen molar-refractivity contribution in [3.63, 3.8) is 0 Å². The third kappa shape index (κ3) is 3.99. The van der Waals surface area contributed by atoms with Crippen LogP contribution in [0.3, 0.4) is 0 Å². The minimum absolute atomic E-state index is 0.175. The summed E-state index contributed by atoms with van der Waals surface area (Å²) in [4.78, 5) is 10.9. The van der Waals surface area contributed by atoms with Crippen LogP contribution in [-0.4, -0.2) is 24.9 Å². The lowest BCUT2D eigenvalue weighted by Crippen LogP contribution is -2.10. The van der Waals surface area contributed by atoms with Crippen LogP contribution in [0.4, 0.5) is 10.5 Å². The van der Waals surface area contributed by atoms with E-state index in [1.54, 1.807) is 6.07 Å². The molecule has 0 aromatic heterocycles. The number of carbonyl (C=O) groups is 1. The van der Waals surface area contributed by atoms with Crippen molar-refractivity contribution in [2.75, 3.05) is 19.0 Å². The fourth-order valence-corrected chi connectivity index (χ4v) is 1.26. The third-order valence-corrected chi connectivity index (χ3v) is 1.98. The Bertz CT molecular complexity index is 325. The van der Waals surface area contributed by atoms with Gasteiger partial charge < -0.3 is 9.84 Å². The zero-order valence-corrected chi connectivity index (χ0v) is 8.69. The number of rotatable bonds is 4. The number of hydrogen-bond acceptors (Lipinski definition) is 3. The maximum absolute atomic E-state index is 10.9. The number of aliphatic hydroxyl groups excluding tert-OH is 1. The number of aryl methyl sites for hydroxylation is 1. The number of hydrogen-bond donors (Lipinski definition) is 2. The summed E-state index contributed by atoms with van der Waals surface area (Å²) < 4.78 is 4.49. The molecule has 0 aliphatic carbocycles. The Hall–Kier alpha value is -1.55. The van der Waals surface area contributed by atoms with Gasteiger partial charge in [-0.2, -0.15) is 0 Å². The van der Waals surface area contributed by atoms with Crippen LogP contribution in [0, 0.1) is 0 Å². The average Bonchev–Trinajstić information content (AvgIpc) is 2.26. The summed E-state index contributed by atoms with van der Waals surface area (Å²) in [6.45, 7) is 0.175. The quantitative estimate of drug-likeness (QED) is 0.794. The van der Waals surface area contributed by atoms with Crippen LogP contribution in [0.15, 0.2) is 24.3 Å². The predicted octanol–water partition coefficient (Wildman–Crippen LogP) is 1.79. The van der Waals surface area contributed by atoms with Crippen molar-refractivity contribution in [3.8, 4) is 0 Å². The molecule has 0 unspecified atom stereocenters. The first-order valence-electron chi connectivity index (χ1n) is 4.81. The largest absolute Gasteiger partial charge is 0.453 e. The highest BCUT2D eigenvalue weighted by molar-refractivity contribution is 5.84. The molecular formula is C11H15NO3. The molecule has 0 aliphatic heterocycles. The van der Waals surface area contributed by atoms with Crippen molar-refractivity contribution in [2.24, 2.45) is 0 Å². The molecule has 1 aromatic rings. The van der Waals surface area contributed by atoms with Crippen molar-refractivity contribution in [1.82, 2.24) is 0 Å². The molecule has 0 saturated heterocycles. The molecule has 4 heteroatoms. The van der Waals surface area contributed by atoms with Gasteiger partial charge >= 0.3 is 6.09 Å². The van der Waals surface area contributed by atoms with E-state index in [2.05, 4.69) is 10.1 Å². The lowest BCUT2D eigenvalue weighted by Gasteiger charge is -2.05. The number of ether oxygens (including phenoxy) is 1. The highest BCUT2D eigenvalue weighted by atomic mass is 16.5. The molecule has 0 aliphatic rings. The molecule has 2 N–H and O–H groups in total. The van der Waals surface area contributed by atoms with Gasteiger partial charge in [0.15, 0.2) is 0 Å². The van der Waals surface area contributed by atoms with Crippen LogP contribution < -0.4 is 5.32 Å². The lowest BCUT2D eigenvalue weighted by molar-refractivity contribution is 0.187. The van der Waals surface area contributed by atoms with Crippen molar-refractivity contribution in [3.05, 3.63) is 29.8 Å². The molecule has 0 atom stereocenters. The van der Waals surface area contributed by atoms with Gasteiger partial charge in [0.05, 0.1) is 7.11 Å². The smallest absolute Gasteiger partial charge is 0.411 e. The minimum Gasteiger partial charge on any atom is -0.453 e. The second kappa shape index (κ2) is 6.03. The monoisotopic (exact) mass is 209 g/mol. The van der Waals surface area contributed by atoms with Gasteiger partial charge in [0, 0.05) is 12.3 Å². The van der Waals surface area contributed by atoms with Gasteiger partial charge in [-0.25, -0.2) is 4.79 Å². The molecule has 0 radical (unpaired) electrons. The Morgan fingerprint density at radius 1 is 1.53 bits per heavy atom. The van der Waals surface area contributed by atoms with Crippen LogP contribution in [0.1, 0.15) is 12.0 Å². The molecule has 82 valence electrons. The van der Waals surface area contributed by atoms with Gasteiger partial charge in [-0.05, 0) is 30.5 Å². The van der Waals surface area contributed by atoms with Crippen molar-refractivity contribution >= 4 is 11.8 Å². The Kier molecular flexibility index (Phi) is 4.63. The van der Waals surface area contributed by atoms with Crippen molar-refractivity contribution in [1.29, 1.82) is 0 Å². The second-order valence-corrected chi connectivity index (χ2v) is 3.14. The van der Waals surface area contributed by atoms with Crippen molar-refractivity contribution < 1.29 is 14.6 Å². The summed E-state index contributed by atoms with van der Waals surface area (Å²) >= 11 is 0. The molecule has 1 rings (SSSR count). The fourth-order valence-electron chi connectivity index (χ4n) is 1.26. The van der Waals surface area contributed by atoms with E-state index >= 15 is 0 Å². The van der Waals surface area contributed by atoms with Gasteiger partial charge in [-0.1, -0.05) is 12.1 Å². The van der Waals surface area contributed by atoms with E-state index in [-0.39, 0.29) is 6.61 Å². The Labute approximate surface area is 88.9 Å². The first kappa shape index (κ1) is 11.5. The van der Waals surface area contributed by atoms with E-state index in [9.17, 15) is 4.79 Å². The Morgan fingerprint density at radius 3 is 3.00 bits per heavy atom. The Balaban J connectivity index is 2.61. The van der Waals surface area contributed by atoms with E-state index in [4.69, 9.17) is 5.11 Å². The van der Waals surface area contributed by atoms with Gasteiger partial charge in [-0.3, -0.25) is 5.32 Å². The molecule has 4 nitrogen and oxygen atoms in total. The van der Waals surface area contributed by atoms with Gasteiger partial charge in [0.2, 0.25) is 0 Å². The maximum Gasteiger partial charge on any atom is 0.411 e. The van der Waals surface area contributed by atoms with Gasteiger partial charge in [-0.15, -0.1) is 0 Å². The topological polar surface area (TPSA) is 58.6 Å². The second-order valence-electron chi connectivity index (χ2n) is 3.14. The normalized spacial score (nSPS) is 9.73. The Morgan fingerprint density at radius 2 is 2.33 bits per heavy atom. The first-order chi connectivity index (χ1) is 7.26. The first-order valence-corrected chi connectivity index (χ1v) is 4.81. The van der Waals surface area contributed by atoms with E-state index in [1.807, 2.05) is 18.2 Å². The van der Waals surface area contributed by atoms with E-state index in [0.717, 1.165) is 18.4 Å². The number of aliphatic hydroxyl groups is 1. The summed E-state index contributed by atoms with van der Waals surface area (Å²) in [6, 6.07) is 7.47. The summed E-state index contributed by atoms with van der Waals surface area (Å²) in [5.41, 5.74) is 1.79. The molecule has 0 fully saturated rings. The number of amides is 1. The number of nitrogens with one attached hydrogen (secondary N) is 1. The minimum atomic E-state index is -0.477. The van der Waals surface area contributed by atoms with Crippen LogP contribution in [0.25, 0.3) is 0 Å². The highest BCUT2D eigenvalue weighted by Crippen LogP contribution is 2.12. The van der Waals surface area contributed by atoms with Crippen LogP contribution >= 0.6 is 0 Å². The van der Waals surface area contributed by atoms with Crippen molar-refractivity contribution in [2.45, 2.75) is 12.8 Å². The summed E-state index contributed by atoms with van der Waals surface area (Å²) in [6.07, 6.45) is 1.05. The summed E-state index contributed by atoms with van der Waals surface area (Å²) in [7, 11) is 1.32. The zero-order valence-electron chi connectivity index (χ0n) is 8.69. The molecule has 0 saturated carbocycles. The number of methoxy groups -OCH3 is 1. The maximum atomic E-state index is 10.9. The molecule has 0 heterocycles. The van der Waals surface area contributed by atoms with Gasteiger partial charge in [0.25, 0.3) is 0 Å². The standard InChI is InChI=1S/C11H15NO3/c1-15-11(14)12-10-6-2-4-9(8-10)5-3-7-13/h2,4,6,8,13H,3,5,7H2,1H3,(H,12,14). The van der Waals surface area contributed by atoms with Crippen LogP contribution in [0.5, 0.6) is 0 Å². The van der Waals surface area contributed by atoms with E-state index < -0.39 is 6.09 Å². The zero-order chi connectivity index (χ0) is 11.1. The summed E-state index contributed by atoms with van der Waals surface area (Å²) in [5, 5.41) is 11.3.